The van der Waals surface area contributed by atoms with Gasteiger partial charge in [-0.05, 0) is 76.2 Å². The number of hydrogen-bond donors (Lipinski definition) is 1. The average molecular weight is 523 g/mol. The van der Waals surface area contributed by atoms with Gasteiger partial charge in [0, 0.05) is 27.1 Å². The lowest BCUT2D eigenvalue weighted by Gasteiger charge is -2.13. The molecule has 1 atom stereocenters. The molecule has 0 spiro atoms. The Morgan fingerprint density at radius 1 is 1.15 bits per heavy atom. The minimum atomic E-state index is -1.02. The quantitative estimate of drug-likeness (QED) is 0.373. The molecule has 4 rings (SSSR count). The first-order valence-corrected chi connectivity index (χ1v) is 11.4. The molecule has 0 aliphatic carbocycles. The van der Waals surface area contributed by atoms with Crippen LogP contribution in [0.1, 0.15) is 29.7 Å². The number of ether oxygens (including phenoxy) is 1. The van der Waals surface area contributed by atoms with Crippen LogP contribution in [0.2, 0.25) is 0 Å². The van der Waals surface area contributed by atoms with E-state index in [1.165, 1.54) is 11.6 Å². The Kier molecular flexibility index (Phi) is 6.39. The molecule has 0 amide bonds. The normalized spacial score (nSPS) is 12.4. The van der Waals surface area contributed by atoms with E-state index >= 15 is 0 Å². The van der Waals surface area contributed by atoms with Crippen LogP contribution in [0.5, 0.6) is 5.75 Å². The maximum atomic E-state index is 13.0. The van der Waals surface area contributed by atoms with Gasteiger partial charge in [0.25, 0.3) is 5.56 Å². The molecule has 34 heavy (non-hydrogen) atoms. The van der Waals surface area contributed by atoms with Gasteiger partial charge in [-0.25, -0.2) is 9.78 Å². The van der Waals surface area contributed by atoms with E-state index in [9.17, 15) is 9.59 Å². The highest BCUT2D eigenvalue weighted by Crippen LogP contribution is 2.23. The minimum Gasteiger partial charge on any atom is -0.479 e. The number of aliphatic carboxylic acids is 1. The Morgan fingerprint density at radius 3 is 2.53 bits per heavy atom. The molecular formula is C25H23BrN4O4. The van der Waals surface area contributed by atoms with E-state index in [1.54, 1.807) is 37.4 Å². The third kappa shape index (κ3) is 4.51. The first-order valence-electron chi connectivity index (χ1n) is 10.6. The molecule has 2 heterocycles. The first kappa shape index (κ1) is 23.4. The molecule has 0 bridgehead atoms. The lowest BCUT2D eigenvalue weighted by Crippen LogP contribution is -2.22. The zero-order valence-electron chi connectivity index (χ0n) is 19.1. The average Bonchev–Trinajstić information content (AvgIpc) is 3.07. The summed E-state index contributed by atoms with van der Waals surface area (Å²) >= 11 is 3.40. The van der Waals surface area contributed by atoms with Crippen LogP contribution in [0.3, 0.4) is 0 Å². The van der Waals surface area contributed by atoms with Crippen LogP contribution in [0.15, 0.2) is 62.9 Å². The first-order chi connectivity index (χ1) is 16.2. The van der Waals surface area contributed by atoms with Crippen LogP contribution in [0.4, 0.5) is 0 Å². The van der Waals surface area contributed by atoms with Crippen molar-refractivity contribution in [3.8, 4) is 11.4 Å². The van der Waals surface area contributed by atoms with Crippen molar-refractivity contribution in [2.75, 3.05) is 0 Å². The molecular weight excluding hydrogens is 500 g/mol. The van der Waals surface area contributed by atoms with Gasteiger partial charge in [-0.2, -0.15) is 9.78 Å². The van der Waals surface area contributed by atoms with Gasteiger partial charge in [-0.3, -0.25) is 4.79 Å². The fraction of sp³-hybridized carbons (Fsp3) is 0.200. The summed E-state index contributed by atoms with van der Waals surface area (Å²) in [5.74, 6) is -0.0436. The van der Waals surface area contributed by atoms with E-state index in [0.717, 1.165) is 27.1 Å². The second-order valence-corrected chi connectivity index (χ2v) is 8.85. The molecule has 0 aliphatic rings. The van der Waals surface area contributed by atoms with Gasteiger partial charge in [0.2, 0.25) is 0 Å². The van der Waals surface area contributed by atoms with Gasteiger partial charge in [-0.15, -0.1) is 0 Å². The van der Waals surface area contributed by atoms with E-state index in [4.69, 9.17) is 9.84 Å². The number of fused-ring (bicyclic) bond motifs is 1. The van der Waals surface area contributed by atoms with Crippen LogP contribution in [0, 0.1) is 20.8 Å². The molecule has 174 valence electrons. The van der Waals surface area contributed by atoms with E-state index < -0.39 is 12.1 Å². The number of nitrogens with zero attached hydrogens (tertiary/aromatic N) is 4. The smallest absolute Gasteiger partial charge is 0.344 e. The van der Waals surface area contributed by atoms with Gasteiger partial charge in [0.05, 0.1) is 17.1 Å². The molecule has 2 aromatic heterocycles. The maximum Gasteiger partial charge on any atom is 0.344 e. The molecule has 8 nitrogen and oxygen atoms in total. The highest BCUT2D eigenvalue weighted by Gasteiger charge is 2.14. The maximum absolute atomic E-state index is 13.0. The van der Waals surface area contributed by atoms with Crippen LogP contribution >= 0.6 is 15.9 Å². The number of aryl methyl sites for hydroxylation is 2. The van der Waals surface area contributed by atoms with Crippen LogP contribution in [0.25, 0.3) is 16.6 Å². The summed E-state index contributed by atoms with van der Waals surface area (Å²) in [6.45, 7) is 7.18. The van der Waals surface area contributed by atoms with Crippen molar-refractivity contribution in [2.24, 2.45) is 5.10 Å². The topological polar surface area (TPSA) is 98.7 Å². The third-order valence-electron chi connectivity index (χ3n) is 5.51. The number of rotatable bonds is 6. The van der Waals surface area contributed by atoms with Crippen molar-refractivity contribution in [3.63, 3.8) is 0 Å². The minimum absolute atomic E-state index is 0.236. The molecule has 0 saturated heterocycles. The van der Waals surface area contributed by atoms with Crippen molar-refractivity contribution in [1.82, 2.24) is 14.2 Å². The van der Waals surface area contributed by atoms with E-state index in [0.29, 0.717) is 22.5 Å². The number of halogens is 1. The third-order valence-corrected chi connectivity index (χ3v) is 6.00. The predicted molar refractivity (Wildman–Crippen MR) is 134 cm³/mol. The SMILES string of the molecule is Cc1cc(C=Nn2c(C)nc3ccc(Br)cc3c2=O)c(C)n1-c1ccc(O[C@@H](C)C(=O)O)cc1. The summed E-state index contributed by atoms with van der Waals surface area (Å²) < 4.78 is 9.57. The number of carboxylic acid groups (broad SMARTS) is 1. The predicted octanol–water partition coefficient (Wildman–Crippen LogP) is 4.61. The van der Waals surface area contributed by atoms with Gasteiger partial charge in [-0.1, -0.05) is 15.9 Å². The molecule has 0 unspecified atom stereocenters. The van der Waals surface area contributed by atoms with E-state index in [2.05, 4.69) is 30.6 Å². The van der Waals surface area contributed by atoms with Crippen molar-refractivity contribution in [3.05, 3.63) is 86.1 Å². The molecule has 4 aromatic rings. The van der Waals surface area contributed by atoms with E-state index in [-0.39, 0.29) is 5.56 Å². The fourth-order valence-corrected chi connectivity index (χ4v) is 4.12. The Labute approximate surface area is 204 Å². The van der Waals surface area contributed by atoms with Gasteiger partial charge in [0.15, 0.2) is 6.10 Å². The number of hydrogen-bond acceptors (Lipinski definition) is 5. The second-order valence-electron chi connectivity index (χ2n) is 7.94. The van der Waals surface area contributed by atoms with Crippen LogP contribution < -0.4 is 10.3 Å². The number of carbonyl (C=O) groups is 1. The zero-order chi connectivity index (χ0) is 24.6. The number of benzene rings is 2. The standard InChI is InChI=1S/C25H23BrN4O4/c1-14-11-18(13-27-30-17(4)28-23-10-5-19(26)12-22(23)24(30)31)15(2)29(14)20-6-8-21(9-7-20)34-16(3)25(32)33/h5-13,16H,1-4H3,(H,32,33)/t16-/m0/s1. The molecule has 0 saturated carbocycles. The summed E-state index contributed by atoms with van der Waals surface area (Å²) in [5, 5.41) is 13.9. The van der Waals surface area contributed by atoms with Gasteiger partial charge >= 0.3 is 5.97 Å². The van der Waals surface area contributed by atoms with Crippen molar-refractivity contribution in [2.45, 2.75) is 33.8 Å². The molecule has 0 aliphatic heterocycles. The molecule has 9 heteroatoms. The lowest BCUT2D eigenvalue weighted by atomic mass is 10.2. The molecule has 0 radical (unpaired) electrons. The molecule has 1 N–H and O–H groups in total. The summed E-state index contributed by atoms with van der Waals surface area (Å²) in [5.41, 5.74) is 4.07. The molecule has 0 fully saturated rings. The van der Waals surface area contributed by atoms with Crippen molar-refractivity contribution < 1.29 is 14.6 Å². The van der Waals surface area contributed by atoms with Crippen molar-refractivity contribution in [1.29, 1.82) is 0 Å². The van der Waals surface area contributed by atoms with Gasteiger partial charge in [0.1, 0.15) is 11.6 Å². The largest absolute Gasteiger partial charge is 0.479 e. The van der Waals surface area contributed by atoms with Crippen LogP contribution in [-0.4, -0.2) is 37.6 Å². The second kappa shape index (κ2) is 9.26. The van der Waals surface area contributed by atoms with E-state index in [1.807, 2.05) is 38.1 Å². The monoisotopic (exact) mass is 522 g/mol. The van der Waals surface area contributed by atoms with Gasteiger partial charge < -0.3 is 14.4 Å². The lowest BCUT2D eigenvalue weighted by molar-refractivity contribution is -0.144. The van der Waals surface area contributed by atoms with Crippen molar-refractivity contribution >= 4 is 39.0 Å². The Morgan fingerprint density at radius 2 is 1.85 bits per heavy atom. The summed E-state index contributed by atoms with van der Waals surface area (Å²) in [6, 6.07) is 14.6. The number of aromatic nitrogens is 3. The highest BCUT2D eigenvalue weighted by molar-refractivity contribution is 9.10. The summed E-state index contributed by atoms with van der Waals surface area (Å²) in [7, 11) is 0. The van der Waals surface area contributed by atoms with Crippen LogP contribution in [-0.2, 0) is 4.79 Å². The Balaban J connectivity index is 1.66. The summed E-state index contributed by atoms with van der Waals surface area (Å²) in [6.07, 6.45) is 0.728. The summed E-state index contributed by atoms with van der Waals surface area (Å²) in [4.78, 5) is 28.5. The zero-order valence-corrected chi connectivity index (χ0v) is 20.7. The fourth-order valence-electron chi connectivity index (χ4n) is 3.76. The Hall–Kier alpha value is -3.72. The molecule has 2 aromatic carbocycles. The number of carboxylic acids is 1. The Bertz CT molecular complexity index is 1490. The highest BCUT2D eigenvalue weighted by atomic mass is 79.9.